The van der Waals surface area contributed by atoms with Crippen LogP contribution in [0, 0.1) is 5.92 Å². The second kappa shape index (κ2) is 8.08. The van der Waals surface area contributed by atoms with Crippen LogP contribution in [0.3, 0.4) is 0 Å². The fourth-order valence-corrected chi connectivity index (χ4v) is 3.77. The van der Waals surface area contributed by atoms with Gasteiger partial charge < -0.3 is 5.32 Å². The first-order chi connectivity index (χ1) is 8.90. The van der Waals surface area contributed by atoms with Crippen LogP contribution in [0.5, 0.6) is 0 Å². The molecule has 0 heterocycles. The number of benzene rings is 1. The minimum absolute atomic E-state index is 0.646. The van der Waals surface area contributed by atoms with E-state index in [1.165, 1.54) is 30.6 Å². The third-order valence-corrected chi connectivity index (χ3v) is 5.04. The number of halogens is 1. The zero-order chi connectivity index (χ0) is 12.6. The summed E-state index contributed by atoms with van der Waals surface area (Å²) >= 11 is 7.96. The Balaban J connectivity index is 1.65. The highest BCUT2D eigenvalue weighted by Gasteiger charge is 2.23. The number of rotatable bonds is 6. The van der Waals surface area contributed by atoms with E-state index in [2.05, 4.69) is 35.6 Å². The summed E-state index contributed by atoms with van der Waals surface area (Å²) in [6, 6.07) is 11.3. The van der Waals surface area contributed by atoms with Crippen molar-refractivity contribution in [1.29, 1.82) is 0 Å². The lowest BCUT2D eigenvalue weighted by molar-refractivity contribution is 0.288. The molecule has 2 atom stereocenters. The third-order valence-electron chi connectivity index (χ3n) is 3.63. The van der Waals surface area contributed by atoms with Crippen molar-refractivity contribution >= 4 is 23.4 Å². The minimum Gasteiger partial charge on any atom is -0.313 e. The average molecular weight is 284 g/mol. The highest BCUT2D eigenvalue weighted by Crippen LogP contribution is 2.25. The highest BCUT2D eigenvalue weighted by molar-refractivity contribution is 7.99. The van der Waals surface area contributed by atoms with Gasteiger partial charge in [-0.2, -0.15) is 0 Å². The van der Waals surface area contributed by atoms with Crippen molar-refractivity contribution in [2.24, 2.45) is 5.92 Å². The van der Waals surface area contributed by atoms with E-state index in [1.807, 2.05) is 11.8 Å². The molecule has 18 heavy (non-hydrogen) atoms. The van der Waals surface area contributed by atoms with Crippen LogP contribution in [0.1, 0.15) is 25.7 Å². The van der Waals surface area contributed by atoms with E-state index in [0.717, 1.165) is 18.2 Å². The van der Waals surface area contributed by atoms with Crippen LogP contribution in [0.15, 0.2) is 35.2 Å². The van der Waals surface area contributed by atoms with Crippen LogP contribution in [-0.4, -0.2) is 24.2 Å². The van der Waals surface area contributed by atoms with Crippen molar-refractivity contribution in [2.75, 3.05) is 18.2 Å². The molecule has 2 rings (SSSR count). The summed E-state index contributed by atoms with van der Waals surface area (Å²) in [6.45, 7) is 1.08. The second-order valence-electron chi connectivity index (χ2n) is 4.92. The third kappa shape index (κ3) is 4.49. The van der Waals surface area contributed by atoms with Gasteiger partial charge in [0.05, 0.1) is 0 Å². The molecule has 1 saturated carbocycles. The molecule has 1 nitrogen and oxygen atoms in total. The lowest BCUT2D eigenvalue weighted by atomic mass is 9.86. The van der Waals surface area contributed by atoms with Gasteiger partial charge in [0.25, 0.3) is 0 Å². The molecule has 0 amide bonds. The molecule has 100 valence electrons. The Morgan fingerprint density at radius 3 is 2.72 bits per heavy atom. The molecule has 1 aromatic carbocycles. The van der Waals surface area contributed by atoms with E-state index in [4.69, 9.17) is 11.6 Å². The molecular weight excluding hydrogens is 262 g/mol. The fourth-order valence-electron chi connectivity index (χ4n) is 2.59. The van der Waals surface area contributed by atoms with Crippen molar-refractivity contribution in [1.82, 2.24) is 5.32 Å². The van der Waals surface area contributed by atoms with Gasteiger partial charge in [0.15, 0.2) is 0 Å². The zero-order valence-electron chi connectivity index (χ0n) is 10.8. The molecule has 3 heteroatoms. The highest BCUT2D eigenvalue weighted by atomic mass is 35.5. The maximum atomic E-state index is 6.04. The topological polar surface area (TPSA) is 12.0 Å². The largest absolute Gasteiger partial charge is 0.313 e. The van der Waals surface area contributed by atoms with Gasteiger partial charge in [-0.3, -0.25) is 0 Å². The molecule has 1 fully saturated rings. The van der Waals surface area contributed by atoms with Crippen LogP contribution in [0.25, 0.3) is 0 Å². The molecule has 0 radical (unpaired) electrons. The molecule has 0 saturated heterocycles. The molecule has 1 N–H and O–H groups in total. The quantitative estimate of drug-likeness (QED) is 0.478. The summed E-state index contributed by atoms with van der Waals surface area (Å²) in [5, 5.41) is 3.69. The fraction of sp³-hybridized carbons (Fsp3) is 0.600. The van der Waals surface area contributed by atoms with E-state index in [0.29, 0.717) is 12.0 Å². The van der Waals surface area contributed by atoms with Crippen molar-refractivity contribution < 1.29 is 0 Å². The van der Waals surface area contributed by atoms with Gasteiger partial charge in [-0.15, -0.1) is 23.4 Å². The van der Waals surface area contributed by atoms with E-state index in [-0.39, 0.29) is 0 Å². The number of alkyl halides is 1. The predicted molar refractivity (Wildman–Crippen MR) is 81.6 cm³/mol. The second-order valence-corrected chi connectivity index (χ2v) is 6.40. The average Bonchev–Trinajstić information content (AvgIpc) is 2.45. The molecule has 1 aliphatic carbocycles. The maximum Gasteiger partial charge on any atom is 0.0266 e. The predicted octanol–water partition coefficient (Wildman–Crippen LogP) is 4.17. The number of thioether (sulfide) groups is 1. The van der Waals surface area contributed by atoms with E-state index >= 15 is 0 Å². The first-order valence-electron chi connectivity index (χ1n) is 6.87. The Bertz CT molecular complexity index is 331. The van der Waals surface area contributed by atoms with Crippen molar-refractivity contribution in [2.45, 2.75) is 36.6 Å². The standard InChI is InChI=1S/C15H22ClNS/c16-12-13-6-4-5-9-15(13)17-10-11-18-14-7-2-1-3-8-14/h1-3,7-8,13,15,17H,4-6,9-12H2. The Morgan fingerprint density at radius 1 is 1.17 bits per heavy atom. The lowest BCUT2D eigenvalue weighted by Gasteiger charge is -2.31. The van der Waals surface area contributed by atoms with Crippen LogP contribution < -0.4 is 5.32 Å². The first kappa shape index (κ1) is 14.2. The van der Waals surface area contributed by atoms with Crippen molar-refractivity contribution in [3.8, 4) is 0 Å². The lowest BCUT2D eigenvalue weighted by Crippen LogP contribution is -2.40. The Kier molecular flexibility index (Phi) is 6.39. The number of hydrogen-bond acceptors (Lipinski definition) is 2. The Labute approximate surface area is 120 Å². The Morgan fingerprint density at radius 2 is 1.94 bits per heavy atom. The minimum atomic E-state index is 0.646. The van der Waals surface area contributed by atoms with Crippen LogP contribution in [-0.2, 0) is 0 Å². The molecule has 0 aliphatic heterocycles. The van der Waals surface area contributed by atoms with Crippen molar-refractivity contribution in [3.63, 3.8) is 0 Å². The molecule has 1 aromatic rings. The normalized spacial score (nSPS) is 24.1. The maximum absolute atomic E-state index is 6.04. The zero-order valence-corrected chi connectivity index (χ0v) is 12.3. The van der Waals surface area contributed by atoms with E-state index in [9.17, 15) is 0 Å². The summed E-state index contributed by atoms with van der Waals surface area (Å²) in [4.78, 5) is 1.36. The summed E-state index contributed by atoms with van der Waals surface area (Å²) in [7, 11) is 0. The van der Waals surface area contributed by atoms with Gasteiger partial charge in [0.1, 0.15) is 0 Å². The molecule has 0 aromatic heterocycles. The number of nitrogens with one attached hydrogen (secondary N) is 1. The summed E-state index contributed by atoms with van der Waals surface area (Å²) in [5.74, 6) is 2.63. The van der Waals surface area contributed by atoms with Gasteiger partial charge in [-0.25, -0.2) is 0 Å². The first-order valence-corrected chi connectivity index (χ1v) is 8.39. The Hall–Kier alpha value is -0.180. The summed E-state index contributed by atoms with van der Waals surface area (Å²) in [5.41, 5.74) is 0. The van der Waals surface area contributed by atoms with Crippen LogP contribution in [0.4, 0.5) is 0 Å². The van der Waals surface area contributed by atoms with Gasteiger partial charge in [-0.05, 0) is 30.9 Å². The SMILES string of the molecule is ClCC1CCCCC1NCCSc1ccccc1. The molecular formula is C15H22ClNS. The monoisotopic (exact) mass is 283 g/mol. The molecule has 0 spiro atoms. The molecule has 2 unspecified atom stereocenters. The van der Waals surface area contributed by atoms with Crippen LogP contribution in [0.2, 0.25) is 0 Å². The van der Waals surface area contributed by atoms with Gasteiger partial charge in [-0.1, -0.05) is 31.0 Å². The number of hydrogen-bond donors (Lipinski definition) is 1. The van der Waals surface area contributed by atoms with Gasteiger partial charge in [0, 0.05) is 29.1 Å². The van der Waals surface area contributed by atoms with Crippen LogP contribution >= 0.6 is 23.4 Å². The van der Waals surface area contributed by atoms with Crippen molar-refractivity contribution in [3.05, 3.63) is 30.3 Å². The smallest absolute Gasteiger partial charge is 0.0266 e. The molecule has 0 bridgehead atoms. The summed E-state index contributed by atoms with van der Waals surface area (Å²) in [6.07, 6.45) is 5.31. The van der Waals surface area contributed by atoms with Gasteiger partial charge >= 0.3 is 0 Å². The van der Waals surface area contributed by atoms with E-state index < -0.39 is 0 Å². The summed E-state index contributed by atoms with van der Waals surface area (Å²) < 4.78 is 0. The van der Waals surface area contributed by atoms with Gasteiger partial charge in [0.2, 0.25) is 0 Å². The van der Waals surface area contributed by atoms with E-state index in [1.54, 1.807) is 0 Å². The molecule has 1 aliphatic rings.